The van der Waals surface area contributed by atoms with Crippen LogP contribution in [-0.4, -0.2) is 21.2 Å². The third-order valence-electron chi connectivity index (χ3n) is 8.20. The van der Waals surface area contributed by atoms with E-state index in [-0.39, 0.29) is 22.6 Å². The van der Waals surface area contributed by atoms with Gasteiger partial charge >= 0.3 is 0 Å². The number of aryl methyl sites for hydroxylation is 1. The molecule has 2 aliphatic carbocycles. The summed E-state index contributed by atoms with van der Waals surface area (Å²) < 4.78 is 2.80. The molecule has 0 unspecified atom stereocenters. The summed E-state index contributed by atoms with van der Waals surface area (Å²) in [6.07, 6.45) is 7.15. The van der Waals surface area contributed by atoms with Crippen LogP contribution in [0.4, 0.5) is 5.69 Å². The number of rotatable bonds is 7. The minimum Gasteiger partial charge on any atom is -0.325 e. The monoisotopic (exact) mass is 613 g/mol. The summed E-state index contributed by atoms with van der Waals surface area (Å²) in [4.78, 5) is 32.6. The van der Waals surface area contributed by atoms with Crippen LogP contribution in [0.2, 0.25) is 0 Å². The molecule has 6 rings (SSSR count). The zero-order valence-corrected chi connectivity index (χ0v) is 24.8. The van der Waals surface area contributed by atoms with Crippen molar-refractivity contribution in [3.63, 3.8) is 0 Å². The average molecular weight is 615 g/mol. The molecule has 5 nitrogen and oxygen atoms in total. The summed E-state index contributed by atoms with van der Waals surface area (Å²) in [5.41, 5.74) is 5.85. The summed E-state index contributed by atoms with van der Waals surface area (Å²) in [5, 5.41) is 3.56. The fourth-order valence-corrected chi connectivity index (χ4v) is 7.36. The molecule has 7 heteroatoms. The lowest BCUT2D eigenvalue weighted by atomic mass is 9.62. The van der Waals surface area contributed by atoms with E-state index in [0.717, 1.165) is 65.5 Å². The maximum Gasteiger partial charge on any atom is 0.258 e. The van der Waals surface area contributed by atoms with Crippen molar-refractivity contribution >= 4 is 39.3 Å². The van der Waals surface area contributed by atoms with Gasteiger partial charge in [-0.15, -0.1) is 0 Å². The lowest BCUT2D eigenvalue weighted by Gasteiger charge is -2.42. The molecule has 0 aliphatic heterocycles. The fraction of sp³-hybridized carbons (Fsp3) is 0.303. The van der Waals surface area contributed by atoms with Gasteiger partial charge in [-0.05, 0) is 61.1 Å². The van der Waals surface area contributed by atoms with E-state index in [4.69, 9.17) is 4.98 Å². The number of anilines is 1. The van der Waals surface area contributed by atoms with Crippen molar-refractivity contribution in [3.05, 3.63) is 110 Å². The van der Waals surface area contributed by atoms with E-state index in [1.54, 1.807) is 0 Å². The highest BCUT2D eigenvalue weighted by atomic mass is 79.9. The van der Waals surface area contributed by atoms with Crippen LogP contribution < -0.4 is 10.9 Å². The first-order valence-corrected chi connectivity index (χ1v) is 15.8. The van der Waals surface area contributed by atoms with Gasteiger partial charge in [0.15, 0.2) is 5.16 Å². The molecule has 40 heavy (non-hydrogen) atoms. The molecule has 1 aromatic heterocycles. The smallest absolute Gasteiger partial charge is 0.258 e. The number of halogens is 1. The van der Waals surface area contributed by atoms with Crippen molar-refractivity contribution < 1.29 is 4.79 Å². The van der Waals surface area contributed by atoms with E-state index in [9.17, 15) is 9.59 Å². The predicted octanol–water partition coefficient (Wildman–Crippen LogP) is 7.40. The highest BCUT2D eigenvalue weighted by Gasteiger charge is 2.43. The second-order valence-corrected chi connectivity index (χ2v) is 12.7. The molecule has 3 aromatic carbocycles. The minimum atomic E-state index is -0.164. The fourth-order valence-electron chi connectivity index (χ4n) is 6.28. The van der Waals surface area contributed by atoms with Crippen LogP contribution in [0, 0.1) is 0 Å². The summed E-state index contributed by atoms with van der Waals surface area (Å²) in [7, 11) is 0. The van der Waals surface area contributed by atoms with Gasteiger partial charge in [0.05, 0.1) is 17.0 Å². The number of hydrogen-bond donors (Lipinski definition) is 1. The molecule has 1 fully saturated rings. The van der Waals surface area contributed by atoms with Crippen LogP contribution in [0.5, 0.6) is 0 Å². The maximum absolute atomic E-state index is 14.5. The summed E-state index contributed by atoms with van der Waals surface area (Å²) >= 11 is 4.77. The predicted molar refractivity (Wildman–Crippen MR) is 166 cm³/mol. The van der Waals surface area contributed by atoms with Crippen molar-refractivity contribution in [1.82, 2.24) is 9.55 Å². The Labute approximate surface area is 247 Å². The van der Waals surface area contributed by atoms with Gasteiger partial charge in [-0.3, -0.25) is 14.2 Å². The molecule has 0 bridgehead atoms. The van der Waals surface area contributed by atoms with Crippen molar-refractivity contribution in [2.45, 2.75) is 62.1 Å². The molecule has 4 aromatic rings. The number of thioether (sulfide) groups is 1. The summed E-state index contributed by atoms with van der Waals surface area (Å²) in [6, 6.07) is 26.2. The Morgan fingerprint density at radius 2 is 1.68 bits per heavy atom. The number of amides is 1. The second-order valence-electron chi connectivity index (χ2n) is 10.8. The van der Waals surface area contributed by atoms with Crippen LogP contribution in [0.1, 0.15) is 48.8 Å². The van der Waals surface area contributed by atoms with Crippen molar-refractivity contribution in [1.29, 1.82) is 0 Å². The van der Waals surface area contributed by atoms with Gasteiger partial charge in [0.2, 0.25) is 5.91 Å². The molecule has 2 aliphatic rings. The van der Waals surface area contributed by atoms with Gasteiger partial charge in [-0.2, -0.15) is 0 Å². The number of nitrogens with zero attached hydrogens (tertiary/aromatic N) is 2. The van der Waals surface area contributed by atoms with E-state index in [0.29, 0.717) is 11.7 Å². The first-order chi connectivity index (χ1) is 19.5. The minimum absolute atomic E-state index is 0.0631. The van der Waals surface area contributed by atoms with Crippen molar-refractivity contribution in [3.8, 4) is 11.3 Å². The molecule has 1 saturated carbocycles. The largest absolute Gasteiger partial charge is 0.325 e. The van der Waals surface area contributed by atoms with Gasteiger partial charge < -0.3 is 5.32 Å². The molecular formula is C33H32BrN3O2S. The van der Waals surface area contributed by atoms with Crippen LogP contribution in [-0.2, 0) is 29.6 Å². The summed E-state index contributed by atoms with van der Waals surface area (Å²) in [6.45, 7) is 0.525. The van der Waals surface area contributed by atoms with Crippen molar-refractivity contribution in [2.75, 3.05) is 11.1 Å². The zero-order chi connectivity index (χ0) is 27.5. The summed E-state index contributed by atoms with van der Waals surface area (Å²) in [5.74, 6) is 0.0393. The molecule has 0 saturated heterocycles. The van der Waals surface area contributed by atoms with Gasteiger partial charge in [0.25, 0.3) is 5.56 Å². The standard InChI is InChI=1S/C33H32BrN3O2S/c34-25-13-15-26(16-14-25)35-28(38)22-40-32-36-30-27-12-6-5-11-24(27)21-33(18-7-2-8-19-33)29(30)31(39)37(32)20-17-23-9-3-1-4-10-23/h1,3-6,9-16H,2,7-8,17-22H2,(H,35,38). The highest BCUT2D eigenvalue weighted by molar-refractivity contribution is 9.10. The Kier molecular flexibility index (Phi) is 7.94. The van der Waals surface area contributed by atoms with Crippen LogP contribution in [0.25, 0.3) is 11.3 Å². The number of carbonyl (C=O) groups is 1. The lowest BCUT2D eigenvalue weighted by Crippen LogP contribution is -2.43. The maximum atomic E-state index is 14.5. The Hall–Kier alpha value is -3.16. The third kappa shape index (κ3) is 5.54. The zero-order valence-electron chi connectivity index (χ0n) is 22.4. The Balaban J connectivity index is 1.39. The Morgan fingerprint density at radius 1 is 0.950 bits per heavy atom. The molecule has 1 spiro atoms. The quantitative estimate of drug-likeness (QED) is 0.174. The normalized spacial score (nSPS) is 15.3. The molecule has 204 valence electrons. The number of hydrogen-bond acceptors (Lipinski definition) is 4. The van der Waals surface area contributed by atoms with E-state index < -0.39 is 0 Å². The molecular weight excluding hydrogens is 582 g/mol. The van der Waals surface area contributed by atoms with Crippen LogP contribution in [0.15, 0.2) is 93.3 Å². The number of benzene rings is 3. The van der Waals surface area contributed by atoms with E-state index in [1.165, 1.54) is 29.3 Å². The lowest BCUT2D eigenvalue weighted by molar-refractivity contribution is -0.113. The van der Waals surface area contributed by atoms with Crippen molar-refractivity contribution in [2.24, 2.45) is 0 Å². The molecule has 1 amide bonds. The topological polar surface area (TPSA) is 64.0 Å². The highest BCUT2D eigenvalue weighted by Crippen LogP contribution is 2.48. The van der Waals surface area contributed by atoms with Crippen LogP contribution in [0.3, 0.4) is 0 Å². The Morgan fingerprint density at radius 3 is 2.45 bits per heavy atom. The number of fused-ring (bicyclic) bond motifs is 4. The molecule has 0 atom stereocenters. The number of carbonyl (C=O) groups excluding carboxylic acids is 1. The first-order valence-electron chi connectivity index (χ1n) is 14.0. The molecule has 1 N–H and O–H groups in total. The van der Waals surface area contributed by atoms with Gasteiger partial charge in [0, 0.05) is 27.7 Å². The van der Waals surface area contributed by atoms with E-state index >= 15 is 0 Å². The average Bonchev–Trinajstić information content (AvgIpc) is 2.97. The second kappa shape index (κ2) is 11.8. The Bertz CT molecular complexity index is 1580. The molecule has 1 heterocycles. The first kappa shape index (κ1) is 27.0. The van der Waals surface area contributed by atoms with Gasteiger partial charge in [0.1, 0.15) is 0 Å². The third-order valence-corrected chi connectivity index (χ3v) is 9.71. The van der Waals surface area contributed by atoms with Gasteiger partial charge in [-0.1, -0.05) is 102 Å². The van der Waals surface area contributed by atoms with E-state index in [2.05, 4.69) is 51.6 Å². The SMILES string of the molecule is O=C(CSc1nc2c(c(=O)n1CCc1ccccc1)C1(CCCCC1)Cc1ccccc1-2)Nc1ccc(Br)cc1. The van der Waals surface area contributed by atoms with Crippen LogP contribution >= 0.6 is 27.7 Å². The number of aromatic nitrogens is 2. The number of nitrogens with one attached hydrogen (secondary N) is 1. The van der Waals surface area contributed by atoms with E-state index in [1.807, 2.05) is 53.1 Å². The van der Waals surface area contributed by atoms with Gasteiger partial charge in [-0.25, -0.2) is 4.98 Å². The molecule has 0 radical (unpaired) electrons.